The summed E-state index contributed by atoms with van der Waals surface area (Å²) < 4.78 is 0. The van der Waals surface area contributed by atoms with Gasteiger partial charge in [0.15, 0.2) is 0 Å². The Morgan fingerprint density at radius 3 is 2.47 bits per heavy atom. The lowest BCUT2D eigenvalue weighted by Crippen LogP contribution is -1.81. The quantitative estimate of drug-likeness (QED) is 0.656. The molecule has 0 saturated heterocycles. The summed E-state index contributed by atoms with van der Waals surface area (Å²) in [4.78, 5) is 7.45. The van der Waals surface area contributed by atoms with Crippen LogP contribution in [0.3, 0.4) is 0 Å². The van der Waals surface area contributed by atoms with Gasteiger partial charge in [-0.2, -0.15) is 0 Å². The highest BCUT2D eigenvalue weighted by Gasteiger charge is 2.09. The van der Waals surface area contributed by atoms with Crippen molar-refractivity contribution in [2.24, 2.45) is 0 Å². The van der Waals surface area contributed by atoms with Crippen molar-refractivity contribution in [3.05, 3.63) is 54.7 Å². The van der Waals surface area contributed by atoms with Crippen molar-refractivity contribution in [2.45, 2.75) is 0 Å². The van der Waals surface area contributed by atoms with E-state index in [0.717, 1.165) is 11.4 Å². The molecule has 0 amide bonds. The van der Waals surface area contributed by atoms with Gasteiger partial charge in [0.25, 0.3) is 0 Å². The SMILES string of the molecule is Oc1ccc(-c2cnc(-c3ccccc3)[nH]2)c(O)c1. The highest BCUT2D eigenvalue weighted by Crippen LogP contribution is 2.31. The second-order valence-electron chi connectivity index (χ2n) is 4.21. The van der Waals surface area contributed by atoms with E-state index in [1.165, 1.54) is 12.1 Å². The van der Waals surface area contributed by atoms with Gasteiger partial charge >= 0.3 is 0 Å². The van der Waals surface area contributed by atoms with Gasteiger partial charge < -0.3 is 15.2 Å². The fourth-order valence-corrected chi connectivity index (χ4v) is 1.95. The molecule has 0 aliphatic rings. The van der Waals surface area contributed by atoms with Crippen LogP contribution < -0.4 is 0 Å². The van der Waals surface area contributed by atoms with E-state index >= 15 is 0 Å². The number of phenolic OH excluding ortho intramolecular Hbond substituents is 2. The van der Waals surface area contributed by atoms with Crippen molar-refractivity contribution < 1.29 is 10.2 Å². The molecule has 2 aromatic carbocycles. The minimum absolute atomic E-state index is 0.0169. The first-order chi connectivity index (χ1) is 9.24. The van der Waals surface area contributed by atoms with Crippen molar-refractivity contribution in [1.82, 2.24) is 9.97 Å². The molecular weight excluding hydrogens is 240 g/mol. The Morgan fingerprint density at radius 1 is 0.947 bits per heavy atom. The van der Waals surface area contributed by atoms with Crippen LogP contribution in [-0.4, -0.2) is 20.2 Å². The summed E-state index contributed by atoms with van der Waals surface area (Å²) in [6, 6.07) is 14.2. The van der Waals surface area contributed by atoms with Crippen LogP contribution in [0.5, 0.6) is 11.5 Å². The zero-order valence-corrected chi connectivity index (χ0v) is 10.0. The number of hydrogen-bond acceptors (Lipinski definition) is 3. The van der Waals surface area contributed by atoms with Crippen molar-refractivity contribution in [2.75, 3.05) is 0 Å². The summed E-state index contributed by atoms with van der Waals surface area (Å²) in [6.45, 7) is 0. The molecule has 0 unspecified atom stereocenters. The van der Waals surface area contributed by atoms with E-state index < -0.39 is 0 Å². The second-order valence-corrected chi connectivity index (χ2v) is 4.21. The minimum atomic E-state index is 0.0169. The molecule has 0 aliphatic carbocycles. The number of imidazole rings is 1. The molecule has 0 atom stereocenters. The van der Waals surface area contributed by atoms with Gasteiger partial charge in [-0.15, -0.1) is 0 Å². The second kappa shape index (κ2) is 4.49. The van der Waals surface area contributed by atoms with Crippen LogP contribution in [0.25, 0.3) is 22.6 Å². The summed E-state index contributed by atoms with van der Waals surface area (Å²) >= 11 is 0. The molecule has 0 aliphatic heterocycles. The summed E-state index contributed by atoms with van der Waals surface area (Å²) in [5.41, 5.74) is 2.29. The summed E-state index contributed by atoms with van der Waals surface area (Å²) in [5, 5.41) is 19.1. The number of aromatic amines is 1. The van der Waals surface area contributed by atoms with Crippen molar-refractivity contribution in [3.8, 4) is 34.1 Å². The molecule has 1 aromatic heterocycles. The van der Waals surface area contributed by atoms with E-state index in [0.29, 0.717) is 11.3 Å². The number of hydrogen-bond donors (Lipinski definition) is 3. The van der Waals surface area contributed by atoms with Gasteiger partial charge in [0.2, 0.25) is 0 Å². The molecule has 4 nitrogen and oxygen atoms in total. The first kappa shape index (κ1) is 11.3. The highest BCUT2D eigenvalue weighted by molar-refractivity contribution is 5.70. The van der Waals surface area contributed by atoms with Crippen molar-refractivity contribution in [3.63, 3.8) is 0 Å². The number of phenols is 2. The van der Waals surface area contributed by atoms with Gasteiger partial charge in [0, 0.05) is 17.2 Å². The molecule has 3 aromatic rings. The lowest BCUT2D eigenvalue weighted by molar-refractivity contribution is 0.452. The molecule has 4 heteroatoms. The molecule has 0 radical (unpaired) electrons. The maximum atomic E-state index is 9.82. The number of aromatic hydroxyl groups is 2. The van der Waals surface area contributed by atoms with E-state index in [1.807, 2.05) is 30.3 Å². The van der Waals surface area contributed by atoms with Gasteiger partial charge in [-0.3, -0.25) is 0 Å². The Labute approximate surface area is 110 Å². The number of nitrogens with zero attached hydrogens (tertiary/aromatic N) is 1. The lowest BCUT2D eigenvalue weighted by Gasteiger charge is -2.02. The van der Waals surface area contributed by atoms with Crippen LogP contribution in [0, 0.1) is 0 Å². The predicted molar refractivity (Wildman–Crippen MR) is 72.8 cm³/mol. The zero-order valence-electron chi connectivity index (χ0n) is 10.0. The molecule has 0 fully saturated rings. The Bertz CT molecular complexity index is 705. The topological polar surface area (TPSA) is 69.1 Å². The highest BCUT2D eigenvalue weighted by atomic mass is 16.3. The Balaban J connectivity index is 2.02. The van der Waals surface area contributed by atoms with Gasteiger partial charge in [-0.25, -0.2) is 4.98 Å². The lowest BCUT2D eigenvalue weighted by atomic mass is 10.1. The molecule has 3 N–H and O–H groups in total. The van der Waals surface area contributed by atoms with Gasteiger partial charge in [0.05, 0.1) is 11.9 Å². The average Bonchev–Trinajstić information content (AvgIpc) is 2.89. The van der Waals surface area contributed by atoms with Crippen LogP contribution >= 0.6 is 0 Å². The van der Waals surface area contributed by atoms with E-state index in [-0.39, 0.29) is 11.5 Å². The molecule has 3 rings (SSSR count). The number of H-pyrrole nitrogens is 1. The molecule has 0 bridgehead atoms. The average molecular weight is 252 g/mol. The largest absolute Gasteiger partial charge is 0.508 e. The van der Waals surface area contributed by atoms with Gasteiger partial charge in [-0.05, 0) is 12.1 Å². The standard InChI is InChI=1S/C15H12N2O2/c18-11-6-7-12(14(19)8-11)13-9-16-15(17-13)10-4-2-1-3-5-10/h1-9,18-19H,(H,16,17). The first-order valence-electron chi connectivity index (χ1n) is 5.87. The predicted octanol–water partition coefficient (Wildman–Crippen LogP) is 3.15. The van der Waals surface area contributed by atoms with Crippen LogP contribution in [0.4, 0.5) is 0 Å². The fraction of sp³-hybridized carbons (Fsp3) is 0. The third-order valence-corrected chi connectivity index (χ3v) is 2.89. The van der Waals surface area contributed by atoms with Crippen LogP contribution in [-0.2, 0) is 0 Å². The Kier molecular flexibility index (Phi) is 2.68. The third kappa shape index (κ3) is 2.15. The van der Waals surface area contributed by atoms with E-state index in [9.17, 15) is 10.2 Å². The van der Waals surface area contributed by atoms with Crippen molar-refractivity contribution >= 4 is 0 Å². The maximum absolute atomic E-state index is 9.82. The summed E-state index contributed by atoms with van der Waals surface area (Å²) in [6.07, 6.45) is 1.66. The van der Waals surface area contributed by atoms with E-state index in [4.69, 9.17) is 0 Å². The molecule has 94 valence electrons. The van der Waals surface area contributed by atoms with Crippen molar-refractivity contribution in [1.29, 1.82) is 0 Å². The fourth-order valence-electron chi connectivity index (χ4n) is 1.95. The van der Waals surface area contributed by atoms with Crippen LogP contribution in [0.15, 0.2) is 54.7 Å². The van der Waals surface area contributed by atoms with Crippen LogP contribution in [0.2, 0.25) is 0 Å². The normalized spacial score (nSPS) is 10.5. The third-order valence-electron chi connectivity index (χ3n) is 2.89. The number of rotatable bonds is 2. The number of aromatic nitrogens is 2. The van der Waals surface area contributed by atoms with Gasteiger partial charge in [0.1, 0.15) is 17.3 Å². The molecule has 0 spiro atoms. The van der Waals surface area contributed by atoms with Gasteiger partial charge in [-0.1, -0.05) is 30.3 Å². The molecule has 0 saturated carbocycles. The molecule has 1 heterocycles. The molecule has 19 heavy (non-hydrogen) atoms. The van der Waals surface area contributed by atoms with Crippen LogP contribution in [0.1, 0.15) is 0 Å². The number of nitrogens with one attached hydrogen (secondary N) is 1. The first-order valence-corrected chi connectivity index (χ1v) is 5.87. The number of benzene rings is 2. The zero-order chi connectivity index (χ0) is 13.2. The van der Waals surface area contributed by atoms with E-state index in [2.05, 4.69) is 9.97 Å². The monoisotopic (exact) mass is 252 g/mol. The molecular formula is C15H12N2O2. The Hall–Kier alpha value is -2.75. The summed E-state index contributed by atoms with van der Waals surface area (Å²) in [7, 11) is 0. The summed E-state index contributed by atoms with van der Waals surface area (Å²) in [5.74, 6) is 0.787. The Morgan fingerprint density at radius 2 is 1.74 bits per heavy atom. The maximum Gasteiger partial charge on any atom is 0.137 e. The minimum Gasteiger partial charge on any atom is -0.508 e. The van der Waals surface area contributed by atoms with E-state index in [1.54, 1.807) is 12.3 Å². The smallest absolute Gasteiger partial charge is 0.137 e.